The van der Waals surface area contributed by atoms with E-state index < -0.39 is 5.41 Å². The Morgan fingerprint density at radius 3 is 2.68 bits per heavy atom. The predicted molar refractivity (Wildman–Crippen MR) is 140 cm³/mol. The summed E-state index contributed by atoms with van der Waals surface area (Å²) < 4.78 is 21.4. The van der Waals surface area contributed by atoms with Crippen LogP contribution in [0.1, 0.15) is 42.4 Å². The van der Waals surface area contributed by atoms with E-state index in [1.165, 1.54) is 6.07 Å². The molecule has 0 bridgehead atoms. The van der Waals surface area contributed by atoms with E-state index in [1.807, 2.05) is 19.9 Å². The first-order chi connectivity index (χ1) is 18.2. The van der Waals surface area contributed by atoms with Crippen molar-refractivity contribution in [2.75, 3.05) is 19.8 Å². The van der Waals surface area contributed by atoms with Crippen molar-refractivity contribution in [2.45, 2.75) is 32.7 Å². The average molecular weight is 515 g/mol. The maximum absolute atomic E-state index is 14.4. The maximum Gasteiger partial charge on any atom is 0.270 e. The average Bonchev–Trinajstić information content (AvgIpc) is 3.36. The van der Waals surface area contributed by atoms with Gasteiger partial charge in [-0.05, 0) is 32.0 Å². The Kier molecular flexibility index (Phi) is 5.49. The third-order valence-electron chi connectivity index (χ3n) is 7.17. The van der Waals surface area contributed by atoms with Crippen LogP contribution in [-0.4, -0.2) is 56.2 Å². The fourth-order valence-electron chi connectivity index (χ4n) is 4.76. The van der Waals surface area contributed by atoms with Gasteiger partial charge in [0, 0.05) is 29.3 Å². The van der Waals surface area contributed by atoms with Crippen LogP contribution in [0.15, 0.2) is 47.6 Å². The fourth-order valence-corrected chi connectivity index (χ4v) is 4.76. The van der Waals surface area contributed by atoms with Gasteiger partial charge in [0.2, 0.25) is 0 Å². The molecule has 0 saturated carbocycles. The van der Waals surface area contributed by atoms with Crippen LogP contribution in [0.25, 0.3) is 22.6 Å². The van der Waals surface area contributed by atoms with E-state index in [0.29, 0.717) is 59.3 Å². The lowest BCUT2D eigenvalue weighted by Crippen LogP contribution is -2.49. The topological polar surface area (TPSA) is 133 Å². The summed E-state index contributed by atoms with van der Waals surface area (Å²) in [5, 5.41) is 8.39. The van der Waals surface area contributed by atoms with Gasteiger partial charge in [-0.25, -0.2) is 29.0 Å². The zero-order chi connectivity index (χ0) is 26.7. The molecule has 5 heterocycles. The molecule has 194 valence electrons. The molecule has 0 spiro atoms. The van der Waals surface area contributed by atoms with E-state index >= 15 is 0 Å². The summed E-state index contributed by atoms with van der Waals surface area (Å²) >= 11 is 0. The number of aromatic nitrogens is 5. The van der Waals surface area contributed by atoms with Crippen molar-refractivity contribution >= 4 is 28.6 Å². The molecule has 10 nitrogen and oxygen atoms in total. The first-order valence-corrected chi connectivity index (χ1v) is 12.3. The smallest absolute Gasteiger partial charge is 0.270 e. The van der Waals surface area contributed by atoms with Crippen LogP contribution < -0.4 is 11.1 Å². The number of aliphatic imine (C=N–C) groups is 1. The van der Waals surface area contributed by atoms with Gasteiger partial charge in [0.1, 0.15) is 23.0 Å². The number of hydrogen-bond acceptors (Lipinski definition) is 8. The van der Waals surface area contributed by atoms with Crippen LogP contribution in [0.2, 0.25) is 0 Å². The standard InChI is InChI=1S/C27H27FN8O2/c1-26(2)18-20(24(37)31-12-27(3)13-38-14-27)32-22(33-21(18)34-25(26)29)19-16-8-6-10-30-23(16)36(35-19)11-15-7-4-5-9-17(15)28/h4-10H,11-14H2,1-3H3,(H,31,37)(H2,29,32,33,34). The maximum atomic E-state index is 14.4. The van der Waals surface area contributed by atoms with Crippen LogP contribution in [0.5, 0.6) is 0 Å². The summed E-state index contributed by atoms with van der Waals surface area (Å²) in [6, 6.07) is 10.1. The summed E-state index contributed by atoms with van der Waals surface area (Å²) in [4.78, 5) is 31.9. The predicted octanol–water partition coefficient (Wildman–Crippen LogP) is 3.12. The largest absolute Gasteiger partial charge is 0.386 e. The number of carbonyl (C=O) groups is 1. The summed E-state index contributed by atoms with van der Waals surface area (Å²) in [5.41, 5.74) is 7.61. The minimum atomic E-state index is -0.724. The molecule has 1 saturated heterocycles. The van der Waals surface area contributed by atoms with Gasteiger partial charge in [-0.15, -0.1) is 0 Å². The Morgan fingerprint density at radius 1 is 1.16 bits per heavy atom. The molecule has 0 radical (unpaired) electrons. The number of halogens is 1. The number of benzene rings is 1. The van der Waals surface area contributed by atoms with Gasteiger partial charge in [-0.2, -0.15) is 5.10 Å². The Labute approximate surface area is 218 Å². The lowest BCUT2D eigenvalue weighted by atomic mass is 9.84. The van der Waals surface area contributed by atoms with E-state index in [0.717, 1.165) is 0 Å². The molecule has 6 rings (SSSR count). The van der Waals surface area contributed by atoms with E-state index in [4.69, 9.17) is 20.6 Å². The number of carbonyl (C=O) groups excluding carboxylic acids is 1. The zero-order valence-corrected chi connectivity index (χ0v) is 21.3. The van der Waals surface area contributed by atoms with Crippen LogP contribution in [0.3, 0.4) is 0 Å². The minimum absolute atomic E-state index is 0.118. The van der Waals surface area contributed by atoms with E-state index in [2.05, 4.69) is 27.2 Å². The highest BCUT2D eigenvalue weighted by molar-refractivity contribution is 6.04. The highest BCUT2D eigenvalue weighted by Gasteiger charge is 2.41. The molecule has 1 aromatic carbocycles. The molecule has 0 unspecified atom stereocenters. The van der Waals surface area contributed by atoms with Crippen LogP contribution in [0, 0.1) is 11.2 Å². The van der Waals surface area contributed by atoms with E-state index in [1.54, 1.807) is 35.1 Å². The molecule has 0 aliphatic carbocycles. The van der Waals surface area contributed by atoms with Gasteiger partial charge < -0.3 is 15.8 Å². The Bertz CT molecular complexity index is 1620. The molecule has 1 fully saturated rings. The highest BCUT2D eigenvalue weighted by Crippen LogP contribution is 2.40. The second kappa shape index (κ2) is 8.66. The number of rotatable bonds is 6. The number of amides is 1. The monoisotopic (exact) mass is 514 g/mol. The number of pyridine rings is 1. The van der Waals surface area contributed by atoms with E-state index in [9.17, 15) is 9.18 Å². The van der Waals surface area contributed by atoms with Crippen molar-refractivity contribution in [3.05, 3.63) is 65.2 Å². The van der Waals surface area contributed by atoms with Crippen molar-refractivity contribution in [1.29, 1.82) is 0 Å². The number of nitrogens with two attached hydrogens (primary N) is 1. The Balaban J connectivity index is 1.46. The second-order valence-electron chi connectivity index (χ2n) is 10.7. The number of nitrogens with zero attached hydrogens (tertiary/aromatic N) is 6. The first-order valence-electron chi connectivity index (χ1n) is 12.3. The van der Waals surface area contributed by atoms with Crippen LogP contribution in [0.4, 0.5) is 10.2 Å². The van der Waals surface area contributed by atoms with Gasteiger partial charge in [-0.1, -0.05) is 25.1 Å². The molecular formula is C27H27FN8O2. The molecule has 11 heteroatoms. The molecule has 38 heavy (non-hydrogen) atoms. The van der Waals surface area contributed by atoms with Gasteiger partial charge >= 0.3 is 0 Å². The Morgan fingerprint density at radius 2 is 1.95 bits per heavy atom. The van der Waals surface area contributed by atoms with Gasteiger partial charge in [0.25, 0.3) is 5.91 Å². The lowest BCUT2D eigenvalue weighted by Gasteiger charge is -2.38. The summed E-state index contributed by atoms with van der Waals surface area (Å²) in [7, 11) is 0. The summed E-state index contributed by atoms with van der Waals surface area (Å²) in [6.07, 6.45) is 1.65. The number of amidine groups is 1. The number of fused-ring (bicyclic) bond motifs is 2. The number of nitrogens with one attached hydrogen (secondary N) is 1. The van der Waals surface area contributed by atoms with Crippen molar-refractivity contribution in [2.24, 2.45) is 16.1 Å². The fraction of sp³-hybridized carbons (Fsp3) is 0.333. The Hall–Kier alpha value is -4.25. The lowest BCUT2D eigenvalue weighted by molar-refractivity contribution is -0.0978. The second-order valence-corrected chi connectivity index (χ2v) is 10.7. The molecule has 4 aromatic rings. The molecule has 1 amide bonds. The molecule has 0 atom stereocenters. The van der Waals surface area contributed by atoms with Gasteiger partial charge in [-0.3, -0.25) is 4.79 Å². The third-order valence-corrected chi connectivity index (χ3v) is 7.17. The number of hydrogen-bond donors (Lipinski definition) is 2. The quantitative estimate of drug-likeness (QED) is 0.404. The van der Waals surface area contributed by atoms with Gasteiger partial charge in [0.05, 0.1) is 30.6 Å². The van der Waals surface area contributed by atoms with Gasteiger partial charge in [0.15, 0.2) is 17.3 Å². The minimum Gasteiger partial charge on any atom is -0.386 e. The summed E-state index contributed by atoms with van der Waals surface area (Å²) in [5.74, 6) is 0.223. The molecule has 2 aliphatic heterocycles. The van der Waals surface area contributed by atoms with Crippen molar-refractivity contribution in [1.82, 2.24) is 30.0 Å². The molecule has 2 aliphatic rings. The number of ether oxygens (including phenoxy) is 1. The highest BCUT2D eigenvalue weighted by atomic mass is 19.1. The zero-order valence-electron chi connectivity index (χ0n) is 21.3. The van der Waals surface area contributed by atoms with Crippen LogP contribution in [-0.2, 0) is 16.7 Å². The first kappa shape index (κ1) is 24.1. The SMILES string of the molecule is CC1(CNC(=O)c2nc(-c3nn(Cc4ccccc4F)c4ncccc34)nc3c2C(C)(C)C(N)=N3)COC1. The van der Waals surface area contributed by atoms with Crippen molar-refractivity contribution < 1.29 is 13.9 Å². The van der Waals surface area contributed by atoms with Crippen molar-refractivity contribution in [3.63, 3.8) is 0 Å². The van der Waals surface area contributed by atoms with Crippen LogP contribution >= 0.6 is 0 Å². The normalized spacial score (nSPS) is 17.1. The third kappa shape index (κ3) is 3.90. The van der Waals surface area contributed by atoms with E-state index in [-0.39, 0.29) is 35.2 Å². The molecule has 3 aromatic heterocycles. The molecular weight excluding hydrogens is 487 g/mol. The summed E-state index contributed by atoms with van der Waals surface area (Å²) in [6.45, 7) is 7.61. The van der Waals surface area contributed by atoms with Crippen molar-refractivity contribution in [3.8, 4) is 11.5 Å². The molecule has 3 N–H and O–H groups in total.